The molecule has 29 heavy (non-hydrogen) atoms. The van der Waals surface area contributed by atoms with Crippen molar-refractivity contribution in [3.05, 3.63) is 35.4 Å². The number of rotatable bonds is 4. The molecule has 4 atom stereocenters. The number of benzene rings is 1. The maximum absolute atomic E-state index is 12.9. The number of hydrogen-bond acceptors (Lipinski definition) is 3. The summed E-state index contributed by atoms with van der Waals surface area (Å²) in [5, 5.41) is 10.7. The van der Waals surface area contributed by atoms with E-state index >= 15 is 0 Å². The van der Waals surface area contributed by atoms with Gasteiger partial charge in [-0.15, -0.1) is 0 Å². The monoisotopic (exact) mass is 398 g/mol. The molecular formula is C25H38N2O2. The Morgan fingerprint density at radius 1 is 1.03 bits per heavy atom. The summed E-state index contributed by atoms with van der Waals surface area (Å²) >= 11 is 0. The number of aliphatic hydroxyl groups excluding tert-OH is 1. The molecule has 1 N–H and O–H groups in total. The Morgan fingerprint density at radius 2 is 1.83 bits per heavy atom. The minimum atomic E-state index is -0.149. The minimum Gasteiger partial charge on any atom is -0.393 e. The standard InChI is InChI=1S/C25H38N2O2/c1-19-11-12-24(28)22(16-19)23-10-3-6-15-27(23)18-20-8-7-9-21(17-20)25(29)26-13-4-2-5-14-26/h7-9,17,19,22-24,28H,2-6,10-16,18H2,1H3/t19-,22-,23-,24+/m1/s1. The number of carbonyl (C=O) groups excluding carboxylic acids is 1. The third-order valence-electron chi connectivity index (χ3n) is 7.49. The largest absolute Gasteiger partial charge is 0.393 e. The average Bonchev–Trinajstić information content (AvgIpc) is 2.76. The van der Waals surface area contributed by atoms with Crippen molar-refractivity contribution < 1.29 is 9.90 Å². The van der Waals surface area contributed by atoms with E-state index in [2.05, 4.69) is 24.0 Å². The number of likely N-dealkylation sites (tertiary alicyclic amines) is 2. The summed E-state index contributed by atoms with van der Waals surface area (Å²) in [5.74, 6) is 1.31. The van der Waals surface area contributed by atoms with Gasteiger partial charge in [-0.3, -0.25) is 9.69 Å². The maximum atomic E-state index is 12.9. The molecule has 0 unspecified atom stereocenters. The summed E-state index contributed by atoms with van der Waals surface area (Å²) in [7, 11) is 0. The van der Waals surface area contributed by atoms with E-state index in [1.807, 2.05) is 17.0 Å². The van der Waals surface area contributed by atoms with Crippen molar-refractivity contribution in [2.24, 2.45) is 11.8 Å². The molecule has 4 rings (SSSR count). The van der Waals surface area contributed by atoms with E-state index in [1.54, 1.807) is 0 Å². The topological polar surface area (TPSA) is 43.8 Å². The van der Waals surface area contributed by atoms with Crippen molar-refractivity contribution in [1.29, 1.82) is 0 Å². The minimum absolute atomic E-state index is 0.149. The highest BCUT2D eigenvalue weighted by atomic mass is 16.3. The third-order valence-corrected chi connectivity index (χ3v) is 7.49. The molecule has 0 bridgehead atoms. The van der Waals surface area contributed by atoms with Gasteiger partial charge in [0.25, 0.3) is 5.91 Å². The van der Waals surface area contributed by atoms with Gasteiger partial charge in [-0.2, -0.15) is 0 Å². The van der Waals surface area contributed by atoms with Crippen LogP contribution >= 0.6 is 0 Å². The second kappa shape index (κ2) is 9.61. The van der Waals surface area contributed by atoms with Gasteiger partial charge in [0, 0.05) is 37.2 Å². The molecule has 0 aromatic heterocycles. The van der Waals surface area contributed by atoms with Crippen LogP contribution in [0.1, 0.15) is 80.6 Å². The van der Waals surface area contributed by atoms with Crippen molar-refractivity contribution in [3.8, 4) is 0 Å². The van der Waals surface area contributed by atoms with Crippen LogP contribution in [0.15, 0.2) is 24.3 Å². The molecule has 1 aliphatic carbocycles. The summed E-state index contributed by atoms with van der Waals surface area (Å²) in [4.78, 5) is 17.5. The maximum Gasteiger partial charge on any atom is 0.253 e. The molecule has 1 saturated carbocycles. The van der Waals surface area contributed by atoms with E-state index < -0.39 is 0 Å². The lowest BCUT2D eigenvalue weighted by Gasteiger charge is -2.45. The van der Waals surface area contributed by atoms with Crippen molar-refractivity contribution in [3.63, 3.8) is 0 Å². The summed E-state index contributed by atoms with van der Waals surface area (Å²) in [5.41, 5.74) is 2.07. The zero-order chi connectivity index (χ0) is 20.2. The normalized spacial score (nSPS) is 31.6. The van der Waals surface area contributed by atoms with Crippen molar-refractivity contribution >= 4 is 5.91 Å². The summed E-state index contributed by atoms with van der Waals surface area (Å²) in [6.45, 7) is 6.13. The van der Waals surface area contributed by atoms with Gasteiger partial charge in [-0.1, -0.05) is 25.5 Å². The first kappa shape index (κ1) is 20.9. The van der Waals surface area contributed by atoms with E-state index in [0.717, 1.165) is 69.8 Å². The lowest BCUT2D eigenvalue weighted by Crippen LogP contribution is -2.49. The SMILES string of the molecule is C[C@@H]1CC[C@H](O)[C@@H]([C@H]2CCCCN2Cc2cccc(C(=O)N3CCCCC3)c2)C1. The Morgan fingerprint density at radius 3 is 2.66 bits per heavy atom. The number of hydrogen-bond donors (Lipinski definition) is 1. The summed E-state index contributed by atoms with van der Waals surface area (Å²) < 4.78 is 0. The quantitative estimate of drug-likeness (QED) is 0.814. The molecule has 0 spiro atoms. The van der Waals surface area contributed by atoms with Crippen LogP contribution in [0.3, 0.4) is 0 Å². The van der Waals surface area contributed by atoms with Crippen LogP contribution in [0.2, 0.25) is 0 Å². The Labute approximate surface area is 176 Å². The smallest absolute Gasteiger partial charge is 0.253 e. The Balaban J connectivity index is 1.46. The number of piperidine rings is 2. The number of aliphatic hydroxyl groups is 1. The van der Waals surface area contributed by atoms with Gasteiger partial charge in [0.2, 0.25) is 0 Å². The molecule has 1 aromatic rings. The predicted octanol–water partition coefficient (Wildman–Crippen LogP) is 4.46. The first-order valence-electron chi connectivity index (χ1n) is 11.9. The fourth-order valence-corrected chi connectivity index (χ4v) is 5.84. The molecule has 160 valence electrons. The van der Waals surface area contributed by atoms with Gasteiger partial charge in [0.15, 0.2) is 0 Å². The van der Waals surface area contributed by atoms with Crippen LogP contribution in [-0.4, -0.2) is 52.6 Å². The second-order valence-electron chi connectivity index (χ2n) is 9.74. The van der Waals surface area contributed by atoms with E-state index in [9.17, 15) is 9.90 Å². The van der Waals surface area contributed by atoms with Crippen molar-refractivity contribution in [2.45, 2.75) is 83.4 Å². The van der Waals surface area contributed by atoms with Crippen molar-refractivity contribution in [2.75, 3.05) is 19.6 Å². The van der Waals surface area contributed by atoms with Crippen LogP contribution in [0.25, 0.3) is 0 Å². The number of carbonyl (C=O) groups is 1. The highest BCUT2D eigenvalue weighted by molar-refractivity contribution is 5.94. The third kappa shape index (κ3) is 5.03. The van der Waals surface area contributed by atoms with Gasteiger partial charge < -0.3 is 10.0 Å². The molecule has 3 fully saturated rings. The number of amides is 1. The van der Waals surface area contributed by atoms with Crippen molar-refractivity contribution in [1.82, 2.24) is 9.80 Å². The first-order valence-corrected chi connectivity index (χ1v) is 11.9. The second-order valence-corrected chi connectivity index (χ2v) is 9.74. The summed E-state index contributed by atoms with van der Waals surface area (Å²) in [6.07, 6.45) is 10.3. The average molecular weight is 399 g/mol. The molecule has 1 aromatic carbocycles. The lowest BCUT2D eigenvalue weighted by atomic mass is 9.74. The molecule has 0 radical (unpaired) electrons. The molecule has 2 saturated heterocycles. The Hall–Kier alpha value is -1.39. The number of nitrogens with zero attached hydrogens (tertiary/aromatic N) is 2. The molecule has 1 amide bonds. The van der Waals surface area contributed by atoms with Crippen LogP contribution < -0.4 is 0 Å². The highest BCUT2D eigenvalue weighted by Gasteiger charge is 2.37. The van der Waals surface area contributed by atoms with Crippen LogP contribution in [0.5, 0.6) is 0 Å². The summed E-state index contributed by atoms with van der Waals surface area (Å²) in [6, 6.07) is 8.77. The van der Waals surface area contributed by atoms with Crippen LogP contribution in [0.4, 0.5) is 0 Å². The fraction of sp³-hybridized carbons (Fsp3) is 0.720. The van der Waals surface area contributed by atoms with Gasteiger partial charge in [0.05, 0.1) is 6.10 Å². The van der Waals surface area contributed by atoms with E-state index in [-0.39, 0.29) is 12.0 Å². The van der Waals surface area contributed by atoms with Crippen LogP contribution in [0, 0.1) is 11.8 Å². The highest BCUT2D eigenvalue weighted by Crippen LogP contribution is 2.37. The molecule has 4 nitrogen and oxygen atoms in total. The van der Waals surface area contributed by atoms with E-state index in [1.165, 1.54) is 31.2 Å². The fourth-order valence-electron chi connectivity index (χ4n) is 5.84. The lowest BCUT2D eigenvalue weighted by molar-refractivity contribution is -0.0204. The zero-order valence-corrected chi connectivity index (χ0v) is 18.1. The van der Waals surface area contributed by atoms with Gasteiger partial charge in [-0.05, 0) is 81.5 Å². The Kier molecular flexibility index (Phi) is 6.92. The molecule has 2 heterocycles. The van der Waals surface area contributed by atoms with E-state index in [4.69, 9.17) is 0 Å². The van der Waals surface area contributed by atoms with Gasteiger partial charge in [-0.25, -0.2) is 0 Å². The van der Waals surface area contributed by atoms with Gasteiger partial charge in [0.1, 0.15) is 0 Å². The molecular weight excluding hydrogens is 360 g/mol. The van der Waals surface area contributed by atoms with Gasteiger partial charge >= 0.3 is 0 Å². The molecule has 2 aliphatic heterocycles. The first-order chi connectivity index (χ1) is 14.1. The Bertz CT molecular complexity index is 685. The zero-order valence-electron chi connectivity index (χ0n) is 18.1. The van der Waals surface area contributed by atoms with Crippen LogP contribution in [-0.2, 0) is 6.54 Å². The van der Waals surface area contributed by atoms with E-state index in [0.29, 0.717) is 12.0 Å². The molecule has 3 aliphatic rings. The molecule has 4 heteroatoms. The predicted molar refractivity (Wildman–Crippen MR) is 117 cm³/mol.